The number of hydrogen-bond donors (Lipinski definition) is 1. The molecule has 1 aromatic carbocycles. The van der Waals surface area contributed by atoms with Crippen LogP contribution in [0.3, 0.4) is 0 Å². The number of imidazole rings is 1. The van der Waals surface area contributed by atoms with Crippen molar-refractivity contribution < 1.29 is 0 Å². The molecule has 3 rings (SSSR count). The van der Waals surface area contributed by atoms with Crippen LogP contribution in [0.1, 0.15) is 11.5 Å². The molecule has 5 heteroatoms. The van der Waals surface area contributed by atoms with Crippen molar-refractivity contribution >= 4 is 16.9 Å². The zero-order chi connectivity index (χ0) is 13.2. The fourth-order valence-electron chi connectivity index (χ4n) is 2.21. The molecule has 0 bridgehead atoms. The van der Waals surface area contributed by atoms with Gasteiger partial charge in [0.05, 0.1) is 23.1 Å². The molecule has 5 nitrogen and oxygen atoms in total. The number of para-hydroxylation sites is 2. The van der Waals surface area contributed by atoms with Gasteiger partial charge in [-0.05, 0) is 12.1 Å². The highest BCUT2D eigenvalue weighted by molar-refractivity contribution is 5.75. The molecule has 96 valence electrons. The normalized spacial score (nSPS) is 10.8. The summed E-state index contributed by atoms with van der Waals surface area (Å²) in [7, 11) is 3.88. The topological polar surface area (TPSA) is 55.6 Å². The zero-order valence-corrected chi connectivity index (χ0v) is 11.0. The van der Waals surface area contributed by atoms with Crippen molar-refractivity contribution in [3.8, 4) is 0 Å². The Morgan fingerprint density at radius 1 is 1.16 bits per heavy atom. The SMILES string of the molecule is CNc1nccnc1Cc1nc2ccccc2n1C. The third kappa shape index (κ3) is 2.03. The molecule has 3 aromatic rings. The van der Waals surface area contributed by atoms with E-state index in [0.717, 1.165) is 28.4 Å². The summed E-state index contributed by atoms with van der Waals surface area (Å²) in [6.07, 6.45) is 4.05. The highest BCUT2D eigenvalue weighted by Crippen LogP contribution is 2.18. The molecule has 0 saturated heterocycles. The Hall–Kier alpha value is -2.43. The summed E-state index contributed by atoms with van der Waals surface area (Å²) in [4.78, 5) is 13.3. The van der Waals surface area contributed by atoms with Gasteiger partial charge in [-0.15, -0.1) is 0 Å². The maximum atomic E-state index is 4.65. The Bertz CT molecular complexity index is 717. The van der Waals surface area contributed by atoms with Gasteiger partial charge in [0.15, 0.2) is 0 Å². The molecule has 1 N–H and O–H groups in total. The van der Waals surface area contributed by atoms with Crippen molar-refractivity contribution in [3.05, 3.63) is 48.2 Å². The number of aryl methyl sites for hydroxylation is 1. The van der Waals surface area contributed by atoms with Gasteiger partial charge in [-0.2, -0.15) is 0 Å². The second-order valence-electron chi connectivity index (χ2n) is 4.35. The zero-order valence-electron chi connectivity index (χ0n) is 11.0. The maximum Gasteiger partial charge on any atom is 0.147 e. The van der Waals surface area contributed by atoms with E-state index in [4.69, 9.17) is 0 Å². The summed E-state index contributed by atoms with van der Waals surface area (Å²) in [6.45, 7) is 0. The first-order valence-corrected chi connectivity index (χ1v) is 6.17. The van der Waals surface area contributed by atoms with Crippen LogP contribution in [0.5, 0.6) is 0 Å². The predicted molar refractivity (Wildman–Crippen MR) is 75.1 cm³/mol. The van der Waals surface area contributed by atoms with Crippen LogP contribution >= 0.6 is 0 Å². The first-order valence-electron chi connectivity index (χ1n) is 6.17. The van der Waals surface area contributed by atoms with E-state index in [1.165, 1.54) is 0 Å². The fourth-order valence-corrected chi connectivity index (χ4v) is 2.21. The van der Waals surface area contributed by atoms with E-state index in [-0.39, 0.29) is 0 Å². The van der Waals surface area contributed by atoms with Crippen molar-refractivity contribution in [1.29, 1.82) is 0 Å². The number of aromatic nitrogens is 4. The molecule has 0 aliphatic heterocycles. The molecule has 0 spiro atoms. The molecular weight excluding hydrogens is 238 g/mol. The van der Waals surface area contributed by atoms with Gasteiger partial charge in [-0.25, -0.2) is 9.97 Å². The van der Waals surface area contributed by atoms with Gasteiger partial charge in [0.2, 0.25) is 0 Å². The Balaban J connectivity index is 2.03. The highest BCUT2D eigenvalue weighted by atomic mass is 15.1. The summed E-state index contributed by atoms with van der Waals surface area (Å²) < 4.78 is 2.10. The number of fused-ring (bicyclic) bond motifs is 1. The quantitative estimate of drug-likeness (QED) is 0.775. The molecule has 0 atom stereocenters. The van der Waals surface area contributed by atoms with Crippen LogP contribution in [0, 0.1) is 0 Å². The molecule has 2 heterocycles. The van der Waals surface area contributed by atoms with Gasteiger partial charge in [0.25, 0.3) is 0 Å². The third-order valence-corrected chi connectivity index (χ3v) is 3.22. The molecule has 0 unspecified atom stereocenters. The van der Waals surface area contributed by atoms with Gasteiger partial charge in [-0.3, -0.25) is 4.98 Å². The van der Waals surface area contributed by atoms with Crippen LogP contribution in [0.25, 0.3) is 11.0 Å². The highest BCUT2D eigenvalue weighted by Gasteiger charge is 2.11. The van der Waals surface area contributed by atoms with E-state index < -0.39 is 0 Å². The summed E-state index contributed by atoms with van der Waals surface area (Å²) >= 11 is 0. The lowest BCUT2D eigenvalue weighted by molar-refractivity contribution is 0.829. The van der Waals surface area contributed by atoms with E-state index in [2.05, 4.69) is 30.9 Å². The van der Waals surface area contributed by atoms with Gasteiger partial charge >= 0.3 is 0 Å². The van der Waals surface area contributed by atoms with Gasteiger partial charge in [-0.1, -0.05) is 12.1 Å². The molecule has 0 aliphatic carbocycles. The van der Waals surface area contributed by atoms with E-state index in [1.807, 2.05) is 32.3 Å². The lowest BCUT2D eigenvalue weighted by Gasteiger charge is -2.06. The second kappa shape index (κ2) is 4.68. The maximum absolute atomic E-state index is 4.65. The predicted octanol–water partition coefficient (Wildman–Crippen LogP) is 2.00. The van der Waals surface area contributed by atoms with E-state index in [9.17, 15) is 0 Å². The monoisotopic (exact) mass is 253 g/mol. The average Bonchev–Trinajstić information content (AvgIpc) is 2.77. The minimum atomic E-state index is 0.662. The first-order chi connectivity index (χ1) is 9.29. The minimum Gasteiger partial charge on any atom is -0.372 e. The molecule has 0 amide bonds. The second-order valence-corrected chi connectivity index (χ2v) is 4.35. The number of nitrogens with zero attached hydrogens (tertiary/aromatic N) is 4. The van der Waals surface area contributed by atoms with Crippen molar-refractivity contribution in [1.82, 2.24) is 19.5 Å². The summed E-state index contributed by atoms with van der Waals surface area (Å²) in [5.74, 6) is 1.78. The van der Waals surface area contributed by atoms with E-state index in [0.29, 0.717) is 6.42 Å². The average molecular weight is 253 g/mol. The number of anilines is 1. The lowest BCUT2D eigenvalue weighted by Crippen LogP contribution is -2.05. The lowest BCUT2D eigenvalue weighted by atomic mass is 10.3. The largest absolute Gasteiger partial charge is 0.372 e. The first kappa shape index (κ1) is 11.6. The Labute approximate surface area is 111 Å². The summed E-state index contributed by atoms with van der Waals surface area (Å²) in [5.41, 5.74) is 3.05. The summed E-state index contributed by atoms with van der Waals surface area (Å²) in [6, 6.07) is 8.12. The minimum absolute atomic E-state index is 0.662. The Kier molecular flexibility index (Phi) is 2.87. The molecular formula is C14H15N5. The number of benzene rings is 1. The van der Waals surface area contributed by atoms with Gasteiger partial charge in [0, 0.05) is 26.5 Å². The molecule has 0 fully saturated rings. The van der Waals surface area contributed by atoms with Crippen LogP contribution in [0.2, 0.25) is 0 Å². The molecule has 0 aliphatic rings. The molecule has 2 aromatic heterocycles. The van der Waals surface area contributed by atoms with Crippen LogP contribution in [0.15, 0.2) is 36.7 Å². The fraction of sp³-hybridized carbons (Fsp3) is 0.214. The Morgan fingerprint density at radius 3 is 2.74 bits per heavy atom. The smallest absolute Gasteiger partial charge is 0.147 e. The number of hydrogen-bond acceptors (Lipinski definition) is 4. The van der Waals surface area contributed by atoms with Crippen molar-refractivity contribution in [3.63, 3.8) is 0 Å². The molecule has 0 saturated carbocycles. The Morgan fingerprint density at radius 2 is 1.95 bits per heavy atom. The van der Waals surface area contributed by atoms with Crippen LogP contribution in [-0.4, -0.2) is 26.6 Å². The molecule has 0 radical (unpaired) electrons. The molecule has 19 heavy (non-hydrogen) atoms. The van der Waals surface area contributed by atoms with E-state index in [1.54, 1.807) is 12.4 Å². The number of rotatable bonds is 3. The van der Waals surface area contributed by atoms with Crippen LogP contribution in [-0.2, 0) is 13.5 Å². The van der Waals surface area contributed by atoms with Crippen LogP contribution in [0.4, 0.5) is 5.82 Å². The summed E-state index contributed by atoms with van der Waals surface area (Å²) in [5, 5.41) is 3.06. The third-order valence-electron chi connectivity index (χ3n) is 3.22. The van der Waals surface area contributed by atoms with Crippen molar-refractivity contribution in [2.24, 2.45) is 7.05 Å². The van der Waals surface area contributed by atoms with Gasteiger partial charge < -0.3 is 9.88 Å². The number of nitrogens with one attached hydrogen (secondary N) is 1. The van der Waals surface area contributed by atoms with Crippen molar-refractivity contribution in [2.75, 3.05) is 12.4 Å². The van der Waals surface area contributed by atoms with Crippen LogP contribution < -0.4 is 5.32 Å². The van der Waals surface area contributed by atoms with Gasteiger partial charge in [0.1, 0.15) is 11.6 Å². The van der Waals surface area contributed by atoms with Crippen molar-refractivity contribution in [2.45, 2.75) is 6.42 Å². The standard InChI is InChI=1S/C14H15N5/c1-15-14-11(16-7-8-17-14)9-13-18-10-5-3-4-6-12(10)19(13)2/h3-8H,9H2,1-2H3,(H,15,17). The van der Waals surface area contributed by atoms with E-state index >= 15 is 0 Å².